The number of nitro groups is 1. The van der Waals surface area contributed by atoms with Crippen molar-refractivity contribution in [1.82, 2.24) is 4.98 Å². The predicted octanol–water partition coefficient (Wildman–Crippen LogP) is 5.56. The van der Waals surface area contributed by atoms with Gasteiger partial charge in [-0.05, 0) is 60.3 Å². The third-order valence-electron chi connectivity index (χ3n) is 4.36. The van der Waals surface area contributed by atoms with Crippen molar-refractivity contribution in [2.75, 3.05) is 5.32 Å². The summed E-state index contributed by atoms with van der Waals surface area (Å²) in [6.07, 6.45) is 3.01. The van der Waals surface area contributed by atoms with Crippen LogP contribution in [0.25, 0.3) is 10.8 Å². The van der Waals surface area contributed by atoms with E-state index >= 15 is 0 Å². The Labute approximate surface area is 169 Å². The normalized spacial score (nSPS) is 10.7. The Hall–Kier alpha value is -3.78. The van der Waals surface area contributed by atoms with Crippen molar-refractivity contribution in [1.29, 1.82) is 0 Å². The van der Waals surface area contributed by atoms with Gasteiger partial charge >= 0.3 is 0 Å². The van der Waals surface area contributed by atoms with Gasteiger partial charge in [0, 0.05) is 29.5 Å². The average molecular weight is 405 g/mol. The van der Waals surface area contributed by atoms with Crippen LogP contribution in [0, 0.1) is 17.0 Å². The van der Waals surface area contributed by atoms with Crippen LogP contribution >= 0.6 is 11.3 Å². The number of amides is 1. The second kappa shape index (κ2) is 7.69. The van der Waals surface area contributed by atoms with Crippen molar-refractivity contribution in [3.63, 3.8) is 0 Å². The van der Waals surface area contributed by atoms with Crippen molar-refractivity contribution < 1.29 is 14.5 Å². The first-order valence-corrected chi connectivity index (χ1v) is 9.55. The molecule has 0 saturated heterocycles. The number of nitro benzene ring substituents is 1. The van der Waals surface area contributed by atoms with Crippen LogP contribution in [0.2, 0.25) is 0 Å². The third-order valence-corrected chi connectivity index (χ3v) is 5.38. The molecule has 0 bridgehead atoms. The molecule has 0 aliphatic heterocycles. The number of anilines is 1. The Balaban J connectivity index is 1.55. The lowest BCUT2D eigenvalue weighted by atomic mass is 10.1. The molecule has 0 atom stereocenters. The molecule has 144 valence electrons. The lowest BCUT2D eigenvalue weighted by Gasteiger charge is -2.10. The smallest absolute Gasteiger partial charge is 0.279 e. The summed E-state index contributed by atoms with van der Waals surface area (Å²) in [6, 6.07) is 13.5. The molecule has 2 aromatic carbocycles. The van der Waals surface area contributed by atoms with Crippen LogP contribution < -0.4 is 10.1 Å². The fraction of sp³-hybridized carbons (Fsp3) is 0.0476. The summed E-state index contributed by atoms with van der Waals surface area (Å²) >= 11 is 1.40. The Kier molecular flexibility index (Phi) is 4.92. The van der Waals surface area contributed by atoms with Crippen LogP contribution in [-0.4, -0.2) is 15.8 Å². The van der Waals surface area contributed by atoms with E-state index < -0.39 is 4.92 Å². The molecule has 1 N–H and O–H groups in total. The number of hydrogen-bond acceptors (Lipinski definition) is 6. The van der Waals surface area contributed by atoms with E-state index in [0.29, 0.717) is 32.8 Å². The highest BCUT2D eigenvalue weighted by atomic mass is 32.1. The highest BCUT2D eigenvalue weighted by Gasteiger charge is 2.16. The maximum atomic E-state index is 12.3. The monoisotopic (exact) mass is 405 g/mol. The Morgan fingerprint density at radius 3 is 2.59 bits per heavy atom. The zero-order valence-corrected chi connectivity index (χ0v) is 16.1. The largest absolute Gasteiger partial charge is 0.457 e. The summed E-state index contributed by atoms with van der Waals surface area (Å²) in [5.41, 5.74) is 1.56. The molecule has 0 spiro atoms. The summed E-state index contributed by atoms with van der Waals surface area (Å²) in [6.45, 7) is 1.90. The molecule has 2 aromatic heterocycles. The summed E-state index contributed by atoms with van der Waals surface area (Å²) in [5, 5.41) is 17.0. The summed E-state index contributed by atoms with van der Waals surface area (Å²) in [7, 11) is 0. The van der Waals surface area contributed by atoms with E-state index in [-0.39, 0.29) is 11.6 Å². The number of nitrogens with one attached hydrogen (secondary N) is 1. The standard InChI is InChI=1S/C21H15N3O4S/c1-13-9-11-29-20(13)21(25)23-14-2-4-15(5-3-14)28-19-7-6-18(24(26)27)17-12-22-10-8-16(17)19/h2-12H,1H3,(H,23,25). The Bertz CT molecular complexity index is 1220. The number of non-ortho nitro benzene ring substituents is 1. The second-order valence-corrected chi connectivity index (χ2v) is 7.19. The first-order chi connectivity index (χ1) is 14.0. The molecule has 0 unspecified atom stereocenters. The fourth-order valence-corrected chi connectivity index (χ4v) is 3.74. The Morgan fingerprint density at radius 2 is 1.90 bits per heavy atom. The van der Waals surface area contributed by atoms with Gasteiger partial charge in [0.05, 0.1) is 15.2 Å². The molecule has 8 heteroatoms. The van der Waals surface area contributed by atoms with Gasteiger partial charge in [-0.25, -0.2) is 0 Å². The van der Waals surface area contributed by atoms with E-state index in [9.17, 15) is 14.9 Å². The number of nitrogens with zero attached hydrogens (tertiary/aromatic N) is 2. The number of pyridine rings is 1. The summed E-state index contributed by atoms with van der Waals surface area (Å²) < 4.78 is 5.92. The molecule has 0 aliphatic carbocycles. The first-order valence-electron chi connectivity index (χ1n) is 8.67. The second-order valence-electron chi connectivity index (χ2n) is 6.27. The maximum Gasteiger partial charge on any atom is 0.279 e. The molecule has 7 nitrogen and oxygen atoms in total. The highest BCUT2D eigenvalue weighted by molar-refractivity contribution is 7.12. The van der Waals surface area contributed by atoms with Crippen LogP contribution in [0.15, 0.2) is 66.3 Å². The number of thiophene rings is 1. The zero-order valence-electron chi connectivity index (χ0n) is 15.3. The van der Waals surface area contributed by atoms with Gasteiger partial charge < -0.3 is 10.1 Å². The number of benzene rings is 2. The molecule has 4 aromatic rings. The van der Waals surface area contributed by atoms with Crippen LogP contribution in [0.5, 0.6) is 11.5 Å². The Morgan fingerprint density at radius 1 is 1.10 bits per heavy atom. The van der Waals surface area contributed by atoms with Crippen molar-refractivity contribution in [3.05, 3.63) is 86.9 Å². The van der Waals surface area contributed by atoms with E-state index in [1.54, 1.807) is 42.6 Å². The van der Waals surface area contributed by atoms with Crippen LogP contribution in [0.3, 0.4) is 0 Å². The third kappa shape index (κ3) is 3.78. The van der Waals surface area contributed by atoms with Gasteiger partial charge in [0.1, 0.15) is 11.5 Å². The highest BCUT2D eigenvalue weighted by Crippen LogP contribution is 2.35. The molecule has 0 saturated carbocycles. The minimum atomic E-state index is -0.444. The molecule has 4 rings (SSSR count). The van der Waals surface area contributed by atoms with Gasteiger partial charge in [-0.3, -0.25) is 19.9 Å². The van der Waals surface area contributed by atoms with Gasteiger partial charge in [0.15, 0.2) is 0 Å². The number of hydrogen-bond donors (Lipinski definition) is 1. The van der Waals surface area contributed by atoms with Crippen molar-refractivity contribution in [2.24, 2.45) is 0 Å². The number of carbonyl (C=O) groups is 1. The zero-order chi connectivity index (χ0) is 20.4. The van der Waals surface area contributed by atoms with Crippen molar-refractivity contribution in [3.8, 4) is 11.5 Å². The van der Waals surface area contributed by atoms with E-state index in [0.717, 1.165) is 5.56 Å². The molecule has 0 fully saturated rings. The van der Waals surface area contributed by atoms with E-state index in [4.69, 9.17) is 4.74 Å². The van der Waals surface area contributed by atoms with Gasteiger partial charge in [0.25, 0.3) is 11.6 Å². The number of ether oxygens (including phenoxy) is 1. The topological polar surface area (TPSA) is 94.4 Å². The molecule has 0 radical (unpaired) electrons. The lowest BCUT2D eigenvalue weighted by Crippen LogP contribution is -2.11. The van der Waals surface area contributed by atoms with E-state index in [2.05, 4.69) is 10.3 Å². The number of rotatable bonds is 5. The van der Waals surface area contributed by atoms with E-state index in [1.807, 2.05) is 18.4 Å². The molecular weight excluding hydrogens is 390 g/mol. The predicted molar refractivity (Wildman–Crippen MR) is 112 cm³/mol. The van der Waals surface area contributed by atoms with Gasteiger partial charge in [-0.2, -0.15) is 0 Å². The number of carbonyl (C=O) groups excluding carboxylic acids is 1. The molecular formula is C21H15N3O4S. The quantitative estimate of drug-likeness (QED) is 0.347. The summed E-state index contributed by atoms with van der Waals surface area (Å²) in [4.78, 5) is 27.7. The summed E-state index contributed by atoms with van der Waals surface area (Å²) in [5.74, 6) is 0.876. The lowest BCUT2D eigenvalue weighted by molar-refractivity contribution is -0.383. The van der Waals surface area contributed by atoms with Crippen molar-refractivity contribution in [2.45, 2.75) is 6.92 Å². The van der Waals surface area contributed by atoms with Crippen LogP contribution in [0.1, 0.15) is 15.2 Å². The minimum absolute atomic E-state index is 0.0256. The SMILES string of the molecule is Cc1ccsc1C(=O)Nc1ccc(Oc2ccc([N+](=O)[O-])c3cnccc23)cc1. The average Bonchev–Trinajstić information content (AvgIpc) is 3.15. The van der Waals surface area contributed by atoms with Gasteiger partial charge in [0.2, 0.25) is 0 Å². The maximum absolute atomic E-state index is 12.3. The molecule has 0 aliphatic rings. The van der Waals surface area contributed by atoms with Crippen molar-refractivity contribution >= 4 is 39.4 Å². The number of aromatic nitrogens is 1. The minimum Gasteiger partial charge on any atom is -0.457 e. The van der Waals surface area contributed by atoms with E-state index in [1.165, 1.54) is 23.6 Å². The van der Waals surface area contributed by atoms with Crippen LogP contribution in [-0.2, 0) is 0 Å². The number of aryl methyl sites for hydroxylation is 1. The fourth-order valence-electron chi connectivity index (χ4n) is 2.92. The number of fused-ring (bicyclic) bond motifs is 1. The first kappa shape index (κ1) is 18.6. The molecule has 1 amide bonds. The van der Waals surface area contributed by atoms with Crippen LogP contribution in [0.4, 0.5) is 11.4 Å². The molecule has 29 heavy (non-hydrogen) atoms. The molecule has 2 heterocycles. The van der Waals surface area contributed by atoms with Gasteiger partial charge in [-0.1, -0.05) is 0 Å². The van der Waals surface area contributed by atoms with Gasteiger partial charge in [-0.15, -0.1) is 11.3 Å².